The van der Waals surface area contributed by atoms with Crippen LogP contribution >= 0.6 is 0 Å². The highest BCUT2D eigenvalue weighted by atomic mass is 19.4. The minimum absolute atomic E-state index is 0.288. The summed E-state index contributed by atoms with van der Waals surface area (Å²) in [5.41, 5.74) is 2.29. The fourth-order valence-electron chi connectivity index (χ4n) is 3.40. The molecule has 26 heavy (non-hydrogen) atoms. The van der Waals surface area contributed by atoms with E-state index >= 15 is 0 Å². The Morgan fingerprint density at radius 2 is 1.50 bits per heavy atom. The van der Waals surface area contributed by atoms with E-state index in [1.54, 1.807) is 0 Å². The van der Waals surface area contributed by atoms with Gasteiger partial charge in [-0.2, -0.15) is 13.2 Å². The van der Waals surface area contributed by atoms with Crippen molar-refractivity contribution in [2.45, 2.75) is 18.6 Å². The van der Waals surface area contributed by atoms with E-state index in [4.69, 9.17) is 0 Å². The molecule has 1 aliphatic rings. The second-order valence-corrected chi connectivity index (χ2v) is 6.52. The number of nitrogens with one attached hydrogen (secondary N) is 1. The van der Waals surface area contributed by atoms with Crippen LogP contribution in [0.3, 0.4) is 0 Å². The molecule has 5 heteroatoms. The molecule has 0 amide bonds. The van der Waals surface area contributed by atoms with Gasteiger partial charge in [-0.3, -0.25) is 4.90 Å². The third-order valence-electron chi connectivity index (χ3n) is 4.82. The Morgan fingerprint density at radius 1 is 0.962 bits per heavy atom. The molecule has 0 aliphatic carbocycles. The summed E-state index contributed by atoms with van der Waals surface area (Å²) in [7, 11) is 0. The van der Waals surface area contributed by atoms with Crippen molar-refractivity contribution in [1.82, 2.24) is 10.2 Å². The Kier molecular flexibility index (Phi) is 5.79. The van der Waals surface area contributed by atoms with E-state index in [0.717, 1.165) is 55.9 Å². The van der Waals surface area contributed by atoms with Crippen LogP contribution in [0.4, 0.5) is 13.2 Å². The first kappa shape index (κ1) is 18.7. The van der Waals surface area contributed by atoms with Gasteiger partial charge in [-0.25, -0.2) is 0 Å². The average Bonchev–Trinajstić information content (AvgIpc) is 2.66. The molecule has 1 fully saturated rings. The zero-order chi connectivity index (χ0) is 18.6. The first-order valence-electron chi connectivity index (χ1n) is 8.82. The largest absolute Gasteiger partial charge is 0.416 e. The van der Waals surface area contributed by atoms with Gasteiger partial charge in [0, 0.05) is 32.2 Å². The lowest BCUT2D eigenvalue weighted by atomic mass is 9.97. The van der Waals surface area contributed by atoms with Crippen molar-refractivity contribution in [1.29, 1.82) is 0 Å². The van der Waals surface area contributed by atoms with E-state index in [2.05, 4.69) is 28.9 Å². The molecule has 0 bridgehead atoms. The molecule has 1 N–H and O–H groups in total. The number of hydrogen-bond donors (Lipinski definition) is 1. The number of nitrogens with zero attached hydrogens (tertiary/aromatic N) is 1. The Morgan fingerprint density at radius 3 is 2.00 bits per heavy atom. The molecule has 2 aromatic carbocycles. The molecule has 138 valence electrons. The van der Waals surface area contributed by atoms with E-state index < -0.39 is 11.7 Å². The Hall–Kier alpha value is -2.11. The third kappa shape index (κ3) is 4.34. The summed E-state index contributed by atoms with van der Waals surface area (Å²) in [6.45, 7) is 7.84. The van der Waals surface area contributed by atoms with Crippen molar-refractivity contribution < 1.29 is 13.2 Å². The van der Waals surface area contributed by atoms with Crippen molar-refractivity contribution in [3.63, 3.8) is 0 Å². The lowest BCUT2D eigenvalue weighted by Crippen LogP contribution is -2.45. The molecular formula is C21H23F3N2. The molecule has 3 rings (SSSR count). The van der Waals surface area contributed by atoms with Crippen LogP contribution in [0, 0.1) is 0 Å². The smallest absolute Gasteiger partial charge is 0.314 e. The molecule has 1 saturated heterocycles. The van der Waals surface area contributed by atoms with Crippen molar-refractivity contribution in [2.75, 3.05) is 26.2 Å². The summed E-state index contributed by atoms with van der Waals surface area (Å²) in [6, 6.07) is 13.7. The molecule has 1 aliphatic heterocycles. The maximum Gasteiger partial charge on any atom is 0.416 e. The van der Waals surface area contributed by atoms with Crippen LogP contribution in [-0.4, -0.2) is 31.1 Å². The van der Waals surface area contributed by atoms with Crippen molar-refractivity contribution in [3.05, 3.63) is 72.3 Å². The quantitative estimate of drug-likeness (QED) is 0.764. The minimum Gasteiger partial charge on any atom is -0.314 e. The fourth-order valence-corrected chi connectivity index (χ4v) is 3.40. The van der Waals surface area contributed by atoms with E-state index in [9.17, 15) is 13.2 Å². The lowest BCUT2D eigenvalue weighted by molar-refractivity contribution is -0.137. The number of hydrogen-bond acceptors (Lipinski definition) is 2. The van der Waals surface area contributed by atoms with Gasteiger partial charge in [-0.05, 0) is 35.2 Å². The minimum atomic E-state index is -4.30. The van der Waals surface area contributed by atoms with Gasteiger partial charge in [0.25, 0.3) is 0 Å². The fraction of sp³-hybridized carbons (Fsp3) is 0.333. The van der Waals surface area contributed by atoms with Crippen LogP contribution in [0.5, 0.6) is 0 Å². The number of benzene rings is 2. The van der Waals surface area contributed by atoms with Gasteiger partial charge in [-0.15, -0.1) is 6.58 Å². The predicted molar refractivity (Wildman–Crippen MR) is 98.9 cm³/mol. The maximum absolute atomic E-state index is 12.7. The van der Waals surface area contributed by atoms with Crippen molar-refractivity contribution in [2.24, 2.45) is 0 Å². The number of halogens is 3. The van der Waals surface area contributed by atoms with Crippen molar-refractivity contribution in [3.8, 4) is 11.1 Å². The second-order valence-electron chi connectivity index (χ2n) is 6.52. The Labute approximate surface area is 152 Å². The van der Waals surface area contributed by atoms with Gasteiger partial charge in [0.2, 0.25) is 0 Å². The molecule has 0 saturated carbocycles. The SMILES string of the molecule is C=CC[C@@H](c1ccc(-c2ccc(C(F)(F)F)cc2)cc1)N1CCNCC1. The summed E-state index contributed by atoms with van der Waals surface area (Å²) >= 11 is 0. The first-order chi connectivity index (χ1) is 12.5. The van der Waals surface area contributed by atoms with Crippen LogP contribution < -0.4 is 5.32 Å². The van der Waals surface area contributed by atoms with Crippen LogP contribution in [0.1, 0.15) is 23.6 Å². The Balaban J connectivity index is 1.79. The topological polar surface area (TPSA) is 15.3 Å². The van der Waals surface area contributed by atoms with Crippen LogP contribution in [0.25, 0.3) is 11.1 Å². The van der Waals surface area contributed by atoms with Gasteiger partial charge in [0.05, 0.1) is 5.56 Å². The second kappa shape index (κ2) is 8.06. The summed E-state index contributed by atoms with van der Waals surface area (Å²) in [4.78, 5) is 2.45. The summed E-state index contributed by atoms with van der Waals surface area (Å²) < 4.78 is 38.1. The predicted octanol–water partition coefficient (Wildman–Crippen LogP) is 4.89. The molecule has 0 aromatic heterocycles. The van der Waals surface area contributed by atoms with E-state index in [1.165, 1.54) is 17.7 Å². The Bertz CT molecular complexity index is 714. The molecule has 2 aromatic rings. The maximum atomic E-state index is 12.7. The van der Waals surface area contributed by atoms with Crippen LogP contribution in [0.2, 0.25) is 0 Å². The average molecular weight is 360 g/mol. The van der Waals surface area contributed by atoms with Crippen LogP contribution in [-0.2, 0) is 6.18 Å². The molecule has 1 heterocycles. The van der Waals surface area contributed by atoms with E-state index in [-0.39, 0.29) is 6.04 Å². The van der Waals surface area contributed by atoms with Gasteiger partial charge in [0.15, 0.2) is 0 Å². The monoisotopic (exact) mass is 360 g/mol. The third-order valence-corrected chi connectivity index (χ3v) is 4.82. The highest BCUT2D eigenvalue weighted by molar-refractivity contribution is 5.64. The lowest BCUT2D eigenvalue weighted by Gasteiger charge is -2.34. The molecule has 0 unspecified atom stereocenters. The number of alkyl halides is 3. The zero-order valence-electron chi connectivity index (χ0n) is 14.6. The first-order valence-corrected chi connectivity index (χ1v) is 8.82. The zero-order valence-corrected chi connectivity index (χ0v) is 14.6. The summed E-state index contributed by atoms with van der Waals surface area (Å²) in [5.74, 6) is 0. The number of piperazine rings is 1. The molecule has 0 spiro atoms. The standard InChI is InChI=1S/C21H23F3N2/c1-2-3-20(26-14-12-25-13-15-26)18-6-4-16(5-7-18)17-8-10-19(11-9-17)21(22,23)24/h2,4-11,20,25H,1,3,12-15H2/t20-/m0/s1. The van der Waals surface area contributed by atoms with Crippen molar-refractivity contribution >= 4 is 0 Å². The van der Waals surface area contributed by atoms with Gasteiger partial charge >= 0.3 is 6.18 Å². The van der Waals surface area contributed by atoms with Gasteiger partial charge in [0.1, 0.15) is 0 Å². The molecule has 0 radical (unpaired) electrons. The highest BCUT2D eigenvalue weighted by Gasteiger charge is 2.30. The summed E-state index contributed by atoms with van der Waals surface area (Å²) in [5, 5.41) is 3.36. The molecule has 1 atom stereocenters. The number of rotatable bonds is 5. The van der Waals surface area contributed by atoms with E-state index in [1.807, 2.05) is 18.2 Å². The summed E-state index contributed by atoms with van der Waals surface area (Å²) in [6.07, 6.45) is -1.49. The van der Waals surface area contributed by atoms with Gasteiger partial charge < -0.3 is 5.32 Å². The van der Waals surface area contributed by atoms with Gasteiger partial charge in [-0.1, -0.05) is 42.5 Å². The molecule has 2 nitrogen and oxygen atoms in total. The highest BCUT2D eigenvalue weighted by Crippen LogP contribution is 2.32. The van der Waals surface area contributed by atoms with Crippen LogP contribution in [0.15, 0.2) is 61.2 Å². The normalized spacial score (nSPS) is 17.0. The van der Waals surface area contributed by atoms with E-state index in [0.29, 0.717) is 0 Å². The molecular weight excluding hydrogens is 337 g/mol.